The van der Waals surface area contributed by atoms with Gasteiger partial charge in [0.1, 0.15) is 5.58 Å². The van der Waals surface area contributed by atoms with Gasteiger partial charge in [-0.1, -0.05) is 36.4 Å². The summed E-state index contributed by atoms with van der Waals surface area (Å²) in [5, 5.41) is 9.61. The van der Waals surface area contributed by atoms with Crippen LogP contribution in [0.2, 0.25) is 0 Å². The van der Waals surface area contributed by atoms with Gasteiger partial charge in [0.05, 0.1) is 0 Å². The van der Waals surface area contributed by atoms with E-state index in [1.165, 1.54) is 30.3 Å². The predicted octanol–water partition coefficient (Wildman–Crippen LogP) is 4.66. The van der Waals surface area contributed by atoms with Crippen LogP contribution in [0, 0.1) is 0 Å². The molecule has 0 saturated carbocycles. The molecule has 0 fully saturated rings. The second-order valence-corrected chi connectivity index (χ2v) is 5.81. The molecule has 1 N–H and O–H groups in total. The van der Waals surface area contributed by atoms with Gasteiger partial charge in [-0.15, -0.1) is 0 Å². The molecule has 0 radical (unpaired) electrons. The lowest BCUT2D eigenvalue weighted by molar-refractivity contribution is -0.0885. The molecule has 26 heavy (non-hydrogen) atoms. The van der Waals surface area contributed by atoms with Crippen molar-refractivity contribution in [1.82, 2.24) is 0 Å². The van der Waals surface area contributed by atoms with Crippen LogP contribution in [0.15, 0.2) is 52.9 Å². The molecule has 0 aliphatic heterocycles. The summed E-state index contributed by atoms with van der Waals surface area (Å²) >= 11 is 0. The van der Waals surface area contributed by atoms with Gasteiger partial charge < -0.3 is 9.52 Å². The number of hydrogen-bond acceptors (Lipinski definition) is 3. The molecule has 3 rings (SSSR count). The molecule has 0 aliphatic carbocycles. The van der Waals surface area contributed by atoms with Crippen LogP contribution in [0.1, 0.15) is 32.0 Å². The fourth-order valence-corrected chi connectivity index (χ4v) is 2.61. The van der Waals surface area contributed by atoms with Crippen molar-refractivity contribution in [2.24, 2.45) is 0 Å². The van der Waals surface area contributed by atoms with E-state index in [0.29, 0.717) is 23.8 Å². The molecule has 0 bridgehead atoms. The zero-order chi connectivity index (χ0) is 18.9. The monoisotopic (exact) mass is 362 g/mol. The maximum absolute atomic E-state index is 12.4. The van der Waals surface area contributed by atoms with Crippen LogP contribution in [-0.4, -0.2) is 23.0 Å². The van der Waals surface area contributed by atoms with E-state index in [-0.39, 0.29) is 11.3 Å². The Bertz CT molecular complexity index is 969. The van der Waals surface area contributed by atoms with Crippen LogP contribution in [0.4, 0.5) is 13.2 Å². The molecule has 4 nitrogen and oxygen atoms in total. The maximum atomic E-state index is 12.4. The quantitative estimate of drug-likeness (QED) is 0.670. The molecule has 0 saturated heterocycles. The van der Waals surface area contributed by atoms with E-state index in [0.717, 1.165) is 11.1 Å². The van der Waals surface area contributed by atoms with Crippen molar-refractivity contribution in [2.45, 2.75) is 19.0 Å². The Kier molecular flexibility index (Phi) is 4.54. The van der Waals surface area contributed by atoms with E-state index >= 15 is 0 Å². The van der Waals surface area contributed by atoms with Crippen LogP contribution in [0.5, 0.6) is 0 Å². The average Bonchev–Trinajstić information content (AvgIpc) is 3.02. The highest BCUT2D eigenvalue weighted by molar-refractivity contribution is 6.00. The number of aryl methyl sites for hydroxylation is 2. The highest BCUT2D eigenvalue weighted by atomic mass is 19.4. The SMILES string of the molecule is O=C(O)c1cc2ccc(CCc3ccc(C(=O)C(F)(F)F)cc3)cc2o1. The molecular formula is C19H13F3O4. The Labute approximate surface area is 145 Å². The predicted molar refractivity (Wildman–Crippen MR) is 87.4 cm³/mol. The molecule has 0 spiro atoms. The number of halogens is 3. The fraction of sp³-hybridized carbons (Fsp3) is 0.158. The number of aromatic carboxylic acids is 1. The Morgan fingerprint density at radius 2 is 1.54 bits per heavy atom. The third-order valence-corrected chi connectivity index (χ3v) is 3.97. The van der Waals surface area contributed by atoms with Crippen LogP contribution in [0.3, 0.4) is 0 Å². The minimum absolute atomic E-state index is 0.137. The minimum atomic E-state index is -4.88. The Balaban J connectivity index is 1.69. The van der Waals surface area contributed by atoms with Crippen molar-refractivity contribution < 1.29 is 32.3 Å². The number of carboxylic acid groups (broad SMARTS) is 1. The summed E-state index contributed by atoms with van der Waals surface area (Å²) in [6.45, 7) is 0. The molecule has 1 aromatic heterocycles. The van der Waals surface area contributed by atoms with Gasteiger partial charge in [0, 0.05) is 10.9 Å². The standard InChI is InChI=1S/C19H13F3O4/c20-19(21,22)17(23)13-6-3-11(4-7-13)1-2-12-5-8-14-10-16(18(24)25)26-15(14)9-12/h3-10H,1-2H2,(H,24,25). The number of alkyl halides is 3. The summed E-state index contributed by atoms with van der Waals surface area (Å²) in [6, 6.07) is 12.1. The van der Waals surface area contributed by atoms with Gasteiger partial charge in [-0.05, 0) is 36.1 Å². The largest absolute Gasteiger partial charge is 0.475 e. The average molecular weight is 362 g/mol. The Morgan fingerprint density at radius 3 is 2.15 bits per heavy atom. The lowest BCUT2D eigenvalue weighted by Crippen LogP contribution is -2.22. The van der Waals surface area contributed by atoms with Gasteiger partial charge in [0.25, 0.3) is 5.78 Å². The van der Waals surface area contributed by atoms with Crippen molar-refractivity contribution in [2.75, 3.05) is 0 Å². The third-order valence-electron chi connectivity index (χ3n) is 3.97. The Morgan fingerprint density at radius 1 is 0.923 bits per heavy atom. The van der Waals surface area contributed by atoms with Gasteiger partial charge in [-0.3, -0.25) is 4.79 Å². The number of carbonyl (C=O) groups is 2. The van der Waals surface area contributed by atoms with Gasteiger partial charge in [-0.2, -0.15) is 13.2 Å². The first-order valence-electron chi connectivity index (χ1n) is 7.70. The lowest BCUT2D eigenvalue weighted by Gasteiger charge is -2.06. The van der Waals surface area contributed by atoms with Crippen LogP contribution >= 0.6 is 0 Å². The summed E-state index contributed by atoms with van der Waals surface area (Å²) in [5.74, 6) is -3.14. The van der Waals surface area contributed by atoms with E-state index in [1.807, 2.05) is 6.07 Å². The second-order valence-electron chi connectivity index (χ2n) is 5.81. The summed E-state index contributed by atoms with van der Waals surface area (Å²) in [7, 11) is 0. The van der Waals surface area contributed by atoms with Crippen LogP contribution in [0.25, 0.3) is 11.0 Å². The van der Waals surface area contributed by atoms with E-state index in [2.05, 4.69) is 0 Å². The zero-order valence-corrected chi connectivity index (χ0v) is 13.3. The lowest BCUT2D eigenvalue weighted by atomic mass is 10.0. The molecule has 2 aromatic carbocycles. The first kappa shape index (κ1) is 17.7. The molecule has 7 heteroatoms. The topological polar surface area (TPSA) is 67.5 Å². The highest BCUT2D eigenvalue weighted by Crippen LogP contribution is 2.23. The van der Waals surface area contributed by atoms with Gasteiger partial charge in [-0.25, -0.2) is 4.79 Å². The summed E-state index contributed by atoms with van der Waals surface area (Å²) < 4.78 is 42.4. The second kappa shape index (κ2) is 6.67. The van der Waals surface area contributed by atoms with E-state index < -0.39 is 17.9 Å². The molecule has 0 aliphatic rings. The van der Waals surface area contributed by atoms with E-state index in [1.54, 1.807) is 12.1 Å². The molecule has 0 unspecified atom stereocenters. The van der Waals surface area contributed by atoms with Crippen molar-refractivity contribution in [3.8, 4) is 0 Å². The minimum Gasteiger partial charge on any atom is -0.475 e. The van der Waals surface area contributed by atoms with Crippen molar-refractivity contribution >= 4 is 22.7 Å². The smallest absolute Gasteiger partial charge is 0.454 e. The summed E-state index contributed by atoms with van der Waals surface area (Å²) in [4.78, 5) is 22.1. The number of hydrogen-bond donors (Lipinski definition) is 1. The molecule has 0 amide bonds. The first-order valence-corrected chi connectivity index (χ1v) is 7.70. The number of carboxylic acids is 1. The van der Waals surface area contributed by atoms with Crippen molar-refractivity contribution in [1.29, 1.82) is 0 Å². The Hall–Kier alpha value is -3.09. The molecule has 1 heterocycles. The van der Waals surface area contributed by atoms with Crippen LogP contribution in [-0.2, 0) is 12.8 Å². The normalized spacial score (nSPS) is 11.7. The number of Topliss-reactive ketones (excluding diaryl/α,β-unsaturated/α-hetero) is 1. The fourth-order valence-electron chi connectivity index (χ4n) is 2.61. The van der Waals surface area contributed by atoms with E-state index in [9.17, 15) is 22.8 Å². The maximum Gasteiger partial charge on any atom is 0.454 e. The van der Waals surface area contributed by atoms with Gasteiger partial charge in [0.2, 0.25) is 5.76 Å². The van der Waals surface area contributed by atoms with Crippen molar-refractivity contribution in [3.63, 3.8) is 0 Å². The molecule has 134 valence electrons. The number of carbonyl (C=O) groups excluding carboxylic acids is 1. The number of rotatable bonds is 5. The summed E-state index contributed by atoms with van der Waals surface area (Å²) in [6.07, 6.45) is -3.74. The number of fused-ring (bicyclic) bond motifs is 1. The van der Waals surface area contributed by atoms with Gasteiger partial charge in [0.15, 0.2) is 0 Å². The third kappa shape index (κ3) is 3.77. The zero-order valence-electron chi connectivity index (χ0n) is 13.3. The number of ketones is 1. The number of furan rings is 1. The molecule has 0 atom stereocenters. The van der Waals surface area contributed by atoms with Crippen molar-refractivity contribution in [3.05, 3.63) is 71.0 Å². The summed E-state index contributed by atoms with van der Waals surface area (Å²) in [5.41, 5.74) is 1.76. The molecular weight excluding hydrogens is 349 g/mol. The number of benzene rings is 2. The first-order chi connectivity index (χ1) is 12.2. The highest BCUT2D eigenvalue weighted by Gasteiger charge is 2.39. The van der Waals surface area contributed by atoms with Gasteiger partial charge >= 0.3 is 12.1 Å². The van der Waals surface area contributed by atoms with E-state index in [4.69, 9.17) is 9.52 Å². The van der Waals surface area contributed by atoms with Crippen LogP contribution < -0.4 is 0 Å². The molecule has 3 aromatic rings.